The fourth-order valence-electron chi connectivity index (χ4n) is 1.18. The van der Waals surface area contributed by atoms with Crippen molar-refractivity contribution >= 4 is 34.2 Å². The lowest BCUT2D eigenvalue weighted by Gasteiger charge is -1.92. The molecule has 1 aliphatic rings. The van der Waals surface area contributed by atoms with Gasteiger partial charge in [0, 0.05) is 6.42 Å². The Morgan fingerprint density at radius 2 is 2.09 bits per heavy atom. The standard InChI is InChI=1S/C7H13N2.C2HF2N3O2S.O2S/c1-2-3-5-9-6-4-8-7-9;3-1-5-2(7-6-1)10(4,8)9;1-3-2/h4,6H,2-3,5,7H2,1H3;(H,5,6,7);/q+1;;. The summed E-state index contributed by atoms with van der Waals surface area (Å²) in [5.41, 5.74) is 0. The van der Waals surface area contributed by atoms with E-state index < -0.39 is 33.0 Å². The van der Waals surface area contributed by atoms with E-state index in [1.807, 2.05) is 6.21 Å². The smallest absolute Gasteiger partial charge is 0.234 e. The van der Waals surface area contributed by atoms with Crippen molar-refractivity contribution in [1.82, 2.24) is 15.2 Å². The molecule has 124 valence electrons. The zero-order valence-corrected chi connectivity index (χ0v) is 13.1. The molecule has 2 rings (SSSR count). The molecule has 0 spiro atoms. The topological polar surface area (TPSA) is 125 Å². The minimum absolute atomic E-state index is 0.750. The largest absolute Gasteiger partial charge is 0.370 e. The highest BCUT2D eigenvalue weighted by molar-refractivity contribution is 7.86. The lowest BCUT2D eigenvalue weighted by atomic mass is 10.3. The molecule has 0 radical (unpaired) electrons. The predicted octanol–water partition coefficient (Wildman–Crippen LogP) is -0.157. The number of aliphatic imine (C=N–C) groups is 1. The van der Waals surface area contributed by atoms with Crippen LogP contribution in [0.2, 0.25) is 0 Å². The Morgan fingerprint density at radius 3 is 2.41 bits per heavy atom. The van der Waals surface area contributed by atoms with E-state index in [0.717, 1.165) is 13.2 Å². The van der Waals surface area contributed by atoms with E-state index in [9.17, 15) is 16.7 Å². The van der Waals surface area contributed by atoms with E-state index in [-0.39, 0.29) is 0 Å². The lowest BCUT2D eigenvalue weighted by Crippen LogP contribution is -2.10. The first-order chi connectivity index (χ1) is 10.3. The summed E-state index contributed by atoms with van der Waals surface area (Å²) >= 11 is -0.750. The van der Waals surface area contributed by atoms with Crippen molar-refractivity contribution < 1.29 is 29.7 Å². The lowest BCUT2D eigenvalue weighted by molar-refractivity contribution is -0.517. The van der Waals surface area contributed by atoms with Gasteiger partial charge in [0.2, 0.25) is 6.67 Å². The van der Waals surface area contributed by atoms with Gasteiger partial charge < -0.3 is 0 Å². The Hall–Kier alpha value is -1.89. The Labute approximate surface area is 129 Å². The molecule has 0 saturated carbocycles. The van der Waals surface area contributed by atoms with Crippen molar-refractivity contribution in [3.8, 4) is 0 Å². The summed E-state index contributed by atoms with van der Waals surface area (Å²) in [5, 5.41) is 3.05. The number of unbranched alkanes of at least 4 members (excludes halogenated alkanes) is 1. The molecule has 9 nitrogen and oxygen atoms in total. The first-order valence-electron chi connectivity index (χ1n) is 5.86. The van der Waals surface area contributed by atoms with Gasteiger partial charge in [-0.1, -0.05) is 17.2 Å². The number of halogens is 2. The van der Waals surface area contributed by atoms with E-state index in [0.29, 0.717) is 0 Å². The van der Waals surface area contributed by atoms with Gasteiger partial charge in [-0.15, -0.1) is 5.10 Å². The first kappa shape index (κ1) is 20.1. The van der Waals surface area contributed by atoms with Gasteiger partial charge in [0.15, 0.2) is 6.21 Å². The minimum atomic E-state index is -4.98. The Kier molecular flexibility index (Phi) is 9.86. The number of hydrogen-bond acceptors (Lipinski definition) is 7. The molecule has 0 bridgehead atoms. The summed E-state index contributed by atoms with van der Waals surface area (Å²) in [6.45, 7) is 4.24. The van der Waals surface area contributed by atoms with Crippen molar-refractivity contribution in [2.75, 3.05) is 13.2 Å². The van der Waals surface area contributed by atoms with Crippen LogP contribution < -0.4 is 0 Å². The molecule has 22 heavy (non-hydrogen) atoms. The molecule has 1 aliphatic heterocycles. The highest BCUT2D eigenvalue weighted by atomic mass is 32.3. The second-order valence-electron chi connectivity index (χ2n) is 3.70. The monoisotopic (exact) mass is 358 g/mol. The molecule has 0 amide bonds. The average molecular weight is 358 g/mol. The van der Waals surface area contributed by atoms with Crippen LogP contribution in [-0.2, 0) is 21.8 Å². The molecule has 0 aromatic carbocycles. The Morgan fingerprint density at radius 1 is 1.45 bits per heavy atom. The number of nitrogens with zero attached hydrogens (tertiary/aromatic N) is 4. The molecule has 1 N–H and O–H groups in total. The number of aromatic amines is 1. The van der Waals surface area contributed by atoms with Crippen molar-refractivity contribution in [3.63, 3.8) is 0 Å². The molecule has 0 fully saturated rings. The quantitative estimate of drug-likeness (QED) is 0.589. The molecule has 0 atom stereocenters. The van der Waals surface area contributed by atoms with Crippen molar-refractivity contribution in [1.29, 1.82) is 0 Å². The fraction of sp³-hybridized carbons (Fsp3) is 0.556. The molecule has 1 aromatic rings. The summed E-state index contributed by atoms with van der Waals surface area (Å²) in [7, 11) is -4.98. The number of nitrogens with one attached hydrogen (secondary N) is 1. The van der Waals surface area contributed by atoms with Crippen LogP contribution in [0.1, 0.15) is 19.8 Å². The maximum atomic E-state index is 11.8. The van der Waals surface area contributed by atoms with Crippen LogP contribution in [0.15, 0.2) is 10.1 Å². The van der Waals surface area contributed by atoms with Gasteiger partial charge in [-0.05, 0) is 0 Å². The van der Waals surface area contributed by atoms with Gasteiger partial charge in [-0.3, -0.25) is 0 Å². The molecule has 2 heterocycles. The van der Waals surface area contributed by atoms with Crippen LogP contribution in [0.4, 0.5) is 8.28 Å². The summed E-state index contributed by atoms with van der Waals surface area (Å²) in [6, 6.07) is 0. The molecular formula is C9H14F2N5O4S2+. The number of hydrogen-bond donors (Lipinski definition) is 1. The van der Waals surface area contributed by atoms with Gasteiger partial charge in [-0.25, -0.2) is 14.7 Å². The van der Waals surface area contributed by atoms with Crippen molar-refractivity contribution in [3.05, 3.63) is 6.08 Å². The number of H-pyrrole nitrogens is 1. The third kappa shape index (κ3) is 9.12. The minimum Gasteiger partial charge on any atom is -0.234 e. The van der Waals surface area contributed by atoms with Crippen LogP contribution >= 0.6 is 0 Å². The van der Waals surface area contributed by atoms with E-state index >= 15 is 0 Å². The molecule has 0 saturated heterocycles. The predicted molar refractivity (Wildman–Crippen MR) is 73.0 cm³/mol. The van der Waals surface area contributed by atoms with Crippen LogP contribution in [0.25, 0.3) is 0 Å². The summed E-state index contributed by atoms with van der Waals surface area (Å²) < 4.78 is 62.1. The average Bonchev–Trinajstić information content (AvgIpc) is 3.08. The summed E-state index contributed by atoms with van der Waals surface area (Å²) in [6.07, 6.45) is 5.23. The van der Waals surface area contributed by atoms with Crippen LogP contribution in [0, 0.1) is 6.08 Å². The molecule has 1 aromatic heterocycles. The van der Waals surface area contributed by atoms with Gasteiger partial charge >= 0.3 is 33.0 Å². The third-order valence-electron chi connectivity index (χ3n) is 2.10. The first-order valence-corrected chi connectivity index (χ1v) is 7.91. The zero-order valence-electron chi connectivity index (χ0n) is 11.5. The Balaban J connectivity index is 0.000000342. The summed E-state index contributed by atoms with van der Waals surface area (Å²) in [5.74, 6) is 0. The second-order valence-corrected chi connectivity index (χ2v) is 5.08. The maximum absolute atomic E-state index is 11.8. The van der Waals surface area contributed by atoms with Crippen LogP contribution in [0.3, 0.4) is 0 Å². The second kappa shape index (κ2) is 10.8. The van der Waals surface area contributed by atoms with Crippen molar-refractivity contribution in [2.45, 2.75) is 24.9 Å². The maximum Gasteiger partial charge on any atom is 0.370 e. The van der Waals surface area contributed by atoms with Crippen LogP contribution in [0.5, 0.6) is 0 Å². The molecule has 13 heteroatoms. The van der Waals surface area contributed by atoms with Gasteiger partial charge in [0.25, 0.3) is 0 Å². The SMILES string of the molecule is CCCC[N+]1=CC=NC1.O=S(=O)(F)c1n[nH]c(F)n1.O=S=O. The van der Waals surface area contributed by atoms with Crippen LogP contribution in [-0.4, -0.2) is 62.2 Å². The molecule has 0 unspecified atom stereocenters. The van der Waals surface area contributed by atoms with Gasteiger partial charge in [0.1, 0.15) is 6.54 Å². The Bertz CT molecular complexity index is 653. The normalized spacial score (nSPS) is 12.6. The third-order valence-corrected chi connectivity index (χ3v) is 2.72. The van der Waals surface area contributed by atoms with Crippen molar-refractivity contribution in [2.24, 2.45) is 4.99 Å². The highest BCUT2D eigenvalue weighted by Crippen LogP contribution is 2.03. The van der Waals surface area contributed by atoms with E-state index in [2.05, 4.69) is 32.8 Å². The van der Waals surface area contributed by atoms with Gasteiger partial charge in [-0.2, -0.15) is 26.2 Å². The van der Waals surface area contributed by atoms with Gasteiger partial charge in [0.05, 0.1) is 6.21 Å². The number of aromatic nitrogens is 3. The zero-order chi connectivity index (χ0) is 17.0. The molecular weight excluding hydrogens is 344 g/mol. The van der Waals surface area contributed by atoms with E-state index in [1.165, 1.54) is 17.9 Å². The van der Waals surface area contributed by atoms with E-state index in [1.54, 1.807) is 0 Å². The highest BCUT2D eigenvalue weighted by Gasteiger charge is 2.18. The molecule has 0 aliphatic carbocycles. The summed E-state index contributed by atoms with van der Waals surface area (Å²) in [4.78, 5) is 6.65. The fourth-order valence-corrected chi connectivity index (χ4v) is 1.53. The van der Waals surface area contributed by atoms with E-state index in [4.69, 9.17) is 8.42 Å². The number of rotatable bonds is 4.